The zero-order chi connectivity index (χ0) is 10.3. The average molecular weight is 197 g/mol. The van der Waals surface area contributed by atoms with E-state index in [1.54, 1.807) is 13.8 Å². The first-order valence-electron chi connectivity index (χ1n) is 4.36. The monoisotopic (exact) mass is 197 g/mol. The van der Waals surface area contributed by atoms with Gasteiger partial charge >= 0.3 is 0 Å². The van der Waals surface area contributed by atoms with E-state index in [9.17, 15) is 8.78 Å². The second kappa shape index (κ2) is 6.23. The summed E-state index contributed by atoms with van der Waals surface area (Å²) in [5, 5.41) is 0. The Balaban J connectivity index is 3.92. The van der Waals surface area contributed by atoms with Crippen LogP contribution in [0.1, 0.15) is 20.3 Å². The number of hydrogen-bond acceptors (Lipinski definition) is 3. The molecule has 0 aromatic carbocycles. The maximum Gasteiger partial charge on any atom is 0.264 e. The molecule has 0 unspecified atom stereocenters. The Morgan fingerprint density at radius 2 is 1.69 bits per heavy atom. The molecule has 0 aliphatic rings. The Hall–Kier alpha value is -0.260. The normalized spacial score (nSPS) is 12.5. The molecule has 80 valence electrons. The molecule has 0 aromatic rings. The van der Waals surface area contributed by atoms with Gasteiger partial charge in [0.1, 0.15) is 0 Å². The van der Waals surface area contributed by atoms with Crippen LogP contribution in [0.5, 0.6) is 0 Å². The second-order valence-corrected chi connectivity index (χ2v) is 2.60. The summed E-state index contributed by atoms with van der Waals surface area (Å²) in [7, 11) is 0. The van der Waals surface area contributed by atoms with Crippen molar-refractivity contribution in [2.75, 3.05) is 19.8 Å². The first kappa shape index (κ1) is 12.7. The Morgan fingerprint density at radius 1 is 1.23 bits per heavy atom. The van der Waals surface area contributed by atoms with Crippen LogP contribution in [-0.2, 0) is 9.47 Å². The van der Waals surface area contributed by atoms with Crippen LogP contribution in [0, 0.1) is 0 Å². The van der Waals surface area contributed by atoms with Crippen LogP contribution in [0.3, 0.4) is 0 Å². The van der Waals surface area contributed by atoms with Crippen molar-refractivity contribution in [3.63, 3.8) is 0 Å². The van der Waals surface area contributed by atoms with Crippen LogP contribution in [-0.4, -0.2) is 32.0 Å². The number of nitrogens with two attached hydrogens (primary N) is 1. The third-order valence-corrected chi connectivity index (χ3v) is 1.47. The number of hydrogen-bond donors (Lipinski definition) is 1. The molecule has 0 radical (unpaired) electrons. The molecule has 0 rings (SSSR count). The van der Waals surface area contributed by atoms with Crippen LogP contribution in [0.15, 0.2) is 0 Å². The lowest BCUT2D eigenvalue weighted by Crippen LogP contribution is -2.34. The van der Waals surface area contributed by atoms with Gasteiger partial charge in [0.25, 0.3) is 5.92 Å². The topological polar surface area (TPSA) is 44.5 Å². The van der Waals surface area contributed by atoms with Gasteiger partial charge in [0, 0.05) is 13.2 Å². The van der Waals surface area contributed by atoms with E-state index in [0.29, 0.717) is 13.2 Å². The molecule has 0 heterocycles. The molecule has 0 aromatic heterocycles. The molecule has 0 amide bonds. The van der Waals surface area contributed by atoms with Crippen molar-refractivity contribution in [3.05, 3.63) is 0 Å². The minimum atomic E-state index is -2.91. The van der Waals surface area contributed by atoms with Gasteiger partial charge in [-0.3, -0.25) is 0 Å². The van der Waals surface area contributed by atoms with Crippen LogP contribution in [0.2, 0.25) is 0 Å². The first-order chi connectivity index (χ1) is 6.05. The third kappa shape index (κ3) is 5.90. The number of alkyl halides is 2. The van der Waals surface area contributed by atoms with Gasteiger partial charge in [-0.1, -0.05) is 0 Å². The van der Waals surface area contributed by atoms with E-state index in [0.717, 1.165) is 0 Å². The Labute approximate surface area is 77.2 Å². The van der Waals surface area contributed by atoms with Crippen LogP contribution in [0.25, 0.3) is 0 Å². The zero-order valence-corrected chi connectivity index (χ0v) is 8.06. The van der Waals surface area contributed by atoms with Gasteiger partial charge in [-0.15, -0.1) is 0 Å². The highest BCUT2D eigenvalue weighted by molar-refractivity contribution is 4.68. The van der Waals surface area contributed by atoms with E-state index in [4.69, 9.17) is 15.2 Å². The fourth-order valence-electron chi connectivity index (χ4n) is 0.865. The Morgan fingerprint density at radius 3 is 2.00 bits per heavy atom. The van der Waals surface area contributed by atoms with Gasteiger partial charge in [-0.2, -0.15) is 0 Å². The van der Waals surface area contributed by atoms with E-state index in [-0.39, 0.29) is 0 Å². The summed E-state index contributed by atoms with van der Waals surface area (Å²) < 4.78 is 35.5. The van der Waals surface area contributed by atoms with Crippen LogP contribution in [0.4, 0.5) is 8.78 Å². The van der Waals surface area contributed by atoms with E-state index in [1.165, 1.54) is 0 Å². The first-order valence-corrected chi connectivity index (χ1v) is 4.36. The minimum Gasteiger partial charge on any atom is -0.353 e. The molecule has 5 heteroatoms. The molecule has 0 aliphatic heterocycles. The fourth-order valence-corrected chi connectivity index (χ4v) is 0.865. The molecule has 0 bridgehead atoms. The molecule has 0 aliphatic carbocycles. The molecule has 0 saturated heterocycles. The molecule has 0 atom stereocenters. The molecule has 13 heavy (non-hydrogen) atoms. The molecule has 0 spiro atoms. The maximum absolute atomic E-state index is 12.8. The number of rotatable bonds is 7. The molecule has 0 fully saturated rings. The lowest BCUT2D eigenvalue weighted by atomic mass is 10.2. The Kier molecular flexibility index (Phi) is 6.11. The van der Waals surface area contributed by atoms with E-state index >= 15 is 0 Å². The van der Waals surface area contributed by atoms with E-state index in [2.05, 4.69) is 0 Å². The van der Waals surface area contributed by atoms with Crippen LogP contribution < -0.4 is 5.73 Å². The highest BCUT2D eigenvalue weighted by Crippen LogP contribution is 2.20. The molecular weight excluding hydrogens is 180 g/mol. The predicted molar refractivity (Wildman–Crippen MR) is 45.7 cm³/mol. The van der Waals surface area contributed by atoms with Gasteiger partial charge in [-0.25, -0.2) is 8.78 Å². The van der Waals surface area contributed by atoms with Gasteiger partial charge < -0.3 is 15.2 Å². The van der Waals surface area contributed by atoms with E-state index in [1.807, 2.05) is 0 Å². The summed E-state index contributed by atoms with van der Waals surface area (Å²) >= 11 is 0. The van der Waals surface area contributed by atoms with Crippen molar-refractivity contribution in [3.8, 4) is 0 Å². The molecular formula is C8H17F2NO2. The fraction of sp³-hybridized carbons (Fsp3) is 1.00. The summed E-state index contributed by atoms with van der Waals surface area (Å²) in [6, 6.07) is 0. The average Bonchev–Trinajstić information content (AvgIpc) is 2.05. The summed E-state index contributed by atoms with van der Waals surface area (Å²) in [6.07, 6.45) is -1.33. The van der Waals surface area contributed by atoms with Gasteiger partial charge in [0.15, 0.2) is 6.29 Å². The zero-order valence-electron chi connectivity index (χ0n) is 8.06. The van der Waals surface area contributed by atoms with Crippen molar-refractivity contribution in [1.29, 1.82) is 0 Å². The summed E-state index contributed by atoms with van der Waals surface area (Å²) in [4.78, 5) is 0. The molecule has 0 saturated carbocycles. The largest absolute Gasteiger partial charge is 0.353 e. The van der Waals surface area contributed by atoms with Gasteiger partial charge in [0.05, 0.1) is 13.0 Å². The maximum atomic E-state index is 12.8. The van der Waals surface area contributed by atoms with Crippen molar-refractivity contribution in [2.24, 2.45) is 5.73 Å². The van der Waals surface area contributed by atoms with Crippen molar-refractivity contribution >= 4 is 0 Å². The Bertz CT molecular complexity index is 127. The number of ether oxygens (including phenoxy) is 2. The van der Waals surface area contributed by atoms with Crippen LogP contribution >= 0.6 is 0 Å². The van der Waals surface area contributed by atoms with Gasteiger partial charge in [-0.05, 0) is 13.8 Å². The van der Waals surface area contributed by atoms with Crippen molar-refractivity contribution in [1.82, 2.24) is 0 Å². The minimum absolute atomic E-state index is 0.352. The lowest BCUT2D eigenvalue weighted by molar-refractivity contribution is -0.176. The molecule has 2 N–H and O–H groups in total. The smallest absolute Gasteiger partial charge is 0.264 e. The standard InChI is InChI=1S/C8H17F2NO2/c1-3-12-7(13-4-2)5-8(9,10)6-11/h7H,3-6,11H2,1-2H3. The van der Waals surface area contributed by atoms with Crippen molar-refractivity contribution < 1.29 is 18.3 Å². The lowest BCUT2D eigenvalue weighted by Gasteiger charge is -2.21. The summed E-state index contributed by atoms with van der Waals surface area (Å²) in [6.45, 7) is 3.49. The highest BCUT2D eigenvalue weighted by atomic mass is 19.3. The van der Waals surface area contributed by atoms with Gasteiger partial charge in [0.2, 0.25) is 0 Å². The molecule has 3 nitrogen and oxygen atoms in total. The SMILES string of the molecule is CCOC(CC(F)(F)CN)OCC. The summed E-state index contributed by atoms with van der Waals surface area (Å²) in [5.74, 6) is -2.91. The number of halogens is 2. The predicted octanol–water partition coefficient (Wildman–Crippen LogP) is 1.37. The van der Waals surface area contributed by atoms with Crippen molar-refractivity contribution in [2.45, 2.75) is 32.5 Å². The van der Waals surface area contributed by atoms with E-state index < -0.39 is 25.2 Å². The highest BCUT2D eigenvalue weighted by Gasteiger charge is 2.31. The quantitative estimate of drug-likeness (QED) is 0.627. The second-order valence-electron chi connectivity index (χ2n) is 2.60. The third-order valence-electron chi connectivity index (χ3n) is 1.47. The summed E-state index contributed by atoms with van der Waals surface area (Å²) in [5.41, 5.74) is 4.89.